The van der Waals surface area contributed by atoms with Crippen LogP contribution in [-0.2, 0) is 12.0 Å². The van der Waals surface area contributed by atoms with Gasteiger partial charge >= 0.3 is 0 Å². The van der Waals surface area contributed by atoms with Gasteiger partial charge in [-0.05, 0) is 122 Å². The van der Waals surface area contributed by atoms with Crippen LogP contribution in [0.4, 0.5) is 5.69 Å². The maximum absolute atomic E-state index is 7.17. The molecule has 36 heavy (non-hydrogen) atoms. The number of anilines is 1. The minimum atomic E-state index is -0.627. The number of nitrogens with zero attached hydrogens (tertiary/aromatic N) is 1. The van der Waals surface area contributed by atoms with Crippen molar-refractivity contribution in [3.63, 3.8) is 0 Å². The summed E-state index contributed by atoms with van der Waals surface area (Å²) in [7, 11) is 0. The Bertz CT molecular complexity index is 1550. The molecule has 4 aromatic carbocycles. The zero-order chi connectivity index (χ0) is 25.4. The molecule has 0 radical (unpaired) electrons. The van der Waals surface area contributed by atoms with Gasteiger partial charge in [-0.25, -0.2) is 0 Å². The number of hydrogen-bond donors (Lipinski definition) is 0. The zero-order valence-electron chi connectivity index (χ0n) is 22.5. The SMILES string of the molecule is Cc1c(C)c(C)c(CN2c3ccccc3C(C)(C)C23C=Cc2c(ccc4ccccc24)O3)c(C)c1C. The average molecular weight is 474 g/mol. The van der Waals surface area contributed by atoms with Crippen LogP contribution in [-0.4, -0.2) is 5.72 Å². The molecule has 2 nitrogen and oxygen atoms in total. The van der Waals surface area contributed by atoms with Crippen LogP contribution in [0.1, 0.15) is 58.4 Å². The van der Waals surface area contributed by atoms with Gasteiger partial charge in [0.15, 0.2) is 0 Å². The highest BCUT2D eigenvalue weighted by Gasteiger charge is 2.58. The number of para-hydroxylation sites is 1. The van der Waals surface area contributed by atoms with Crippen molar-refractivity contribution in [3.05, 3.63) is 111 Å². The highest BCUT2D eigenvalue weighted by molar-refractivity contribution is 5.94. The minimum absolute atomic E-state index is 0.250. The van der Waals surface area contributed by atoms with E-state index >= 15 is 0 Å². The molecular weight excluding hydrogens is 438 g/mol. The lowest BCUT2D eigenvalue weighted by Gasteiger charge is -2.47. The van der Waals surface area contributed by atoms with E-state index in [-0.39, 0.29) is 5.41 Å². The summed E-state index contributed by atoms with van der Waals surface area (Å²) in [4.78, 5) is 2.51. The van der Waals surface area contributed by atoms with Crippen LogP contribution >= 0.6 is 0 Å². The van der Waals surface area contributed by atoms with Gasteiger partial charge in [-0.2, -0.15) is 0 Å². The van der Waals surface area contributed by atoms with Gasteiger partial charge in [0, 0.05) is 17.8 Å². The van der Waals surface area contributed by atoms with Gasteiger partial charge in [0.05, 0.1) is 5.41 Å². The van der Waals surface area contributed by atoms with Gasteiger partial charge in [-0.15, -0.1) is 0 Å². The van der Waals surface area contributed by atoms with E-state index in [0.717, 1.165) is 12.3 Å². The van der Waals surface area contributed by atoms with Crippen LogP contribution < -0.4 is 9.64 Å². The lowest BCUT2D eigenvalue weighted by Crippen LogP contribution is -2.59. The maximum Gasteiger partial charge on any atom is 0.212 e. The maximum atomic E-state index is 7.17. The molecule has 0 amide bonds. The smallest absolute Gasteiger partial charge is 0.212 e. The molecule has 2 aliphatic heterocycles. The van der Waals surface area contributed by atoms with Crippen molar-refractivity contribution in [3.8, 4) is 5.75 Å². The zero-order valence-corrected chi connectivity index (χ0v) is 22.5. The lowest BCUT2D eigenvalue weighted by molar-refractivity contribution is 0.0523. The second-order valence-electron chi connectivity index (χ2n) is 11.2. The quantitative estimate of drug-likeness (QED) is 0.289. The summed E-state index contributed by atoms with van der Waals surface area (Å²) >= 11 is 0. The first-order valence-electron chi connectivity index (χ1n) is 13.0. The number of rotatable bonds is 2. The van der Waals surface area contributed by atoms with Crippen LogP contribution in [0.2, 0.25) is 0 Å². The van der Waals surface area contributed by atoms with Gasteiger partial charge in [-0.3, -0.25) is 0 Å². The monoisotopic (exact) mass is 473 g/mol. The van der Waals surface area contributed by atoms with Crippen molar-refractivity contribution in [1.29, 1.82) is 0 Å². The van der Waals surface area contributed by atoms with E-state index in [1.807, 2.05) is 0 Å². The predicted molar refractivity (Wildman–Crippen MR) is 152 cm³/mol. The van der Waals surface area contributed by atoms with Crippen molar-refractivity contribution in [2.24, 2.45) is 0 Å². The molecule has 2 aliphatic rings. The first-order valence-corrected chi connectivity index (χ1v) is 13.0. The molecule has 1 spiro atoms. The molecular formula is C34H35NO. The molecule has 0 N–H and O–H groups in total. The Balaban J connectivity index is 1.56. The van der Waals surface area contributed by atoms with Crippen LogP contribution in [0, 0.1) is 34.6 Å². The van der Waals surface area contributed by atoms with E-state index in [4.69, 9.17) is 4.74 Å². The first-order chi connectivity index (χ1) is 17.2. The van der Waals surface area contributed by atoms with Crippen LogP contribution in [0.3, 0.4) is 0 Å². The molecule has 182 valence electrons. The topological polar surface area (TPSA) is 12.5 Å². The Morgan fingerprint density at radius 3 is 2.11 bits per heavy atom. The van der Waals surface area contributed by atoms with Crippen molar-refractivity contribution < 1.29 is 4.74 Å². The molecule has 0 fully saturated rings. The van der Waals surface area contributed by atoms with Crippen LogP contribution in [0.5, 0.6) is 5.75 Å². The molecule has 0 aliphatic carbocycles. The minimum Gasteiger partial charge on any atom is -0.463 e. The Hall–Kier alpha value is -3.52. The fraction of sp³-hybridized carbons (Fsp3) is 0.294. The second kappa shape index (κ2) is 7.74. The standard InChI is InChI=1S/C34H35NO/c1-21-22(2)24(4)29(25(5)23(21)3)20-35-31-15-11-10-14-30(31)33(6,7)34(35)19-18-28-27-13-9-8-12-26(27)16-17-32(28)36-34/h8-19H,20H2,1-7H3. The molecule has 6 rings (SSSR count). The van der Waals surface area contributed by atoms with Gasteiger partial charge in [0.1, 0.15) is 5.75 Å². The largest absolute Gasteiger partial charge is 0.463 e. The molecule has 2 heteroatoms. The molecule has 2 heterocycles. The van der Waals surface area contributed by atoms with Gasteiger partial charge in [-0.1, -0.05) is 48.5 Å². The summed E-state index contributed by atoms with van der Waals surface area (Å²) in [6, 6.07) is 21.7. The Morgan fingerprint density at radius 1 is 0.722 bits per heavy atom. The average Bonchev–Trinajstić information content (AvgIpc) is 3.06. The van der Waals surface area contributed by atoms with Crippen LogP contribution in [0.25, 0.3) is 16.8 Å². The summed E-state index contributed by atoms with van der Waals surface area (Å²) in [6.45, 7) is 16.8. The summed E-state index contributed by atoms with van der Waals surface area (Å²) in [5.41, 5.74) is 11.2. The molecule has 0 saturated carbocycles. The summed E-state index contributed by atoms with van der Waals surface area (Å²) in [5, 5.41) is 2.47. The highest BCUT2D eigenvalue weighted by atomic mass is 16.5. The van der Waals surface area contributed by atoms with Gasteiger partial charge < -0.3 is 9.64 Å². The van der Waals surface area contributed by atoms with E-state index in [1.54, 1.807) is 0 Å². The number of fused-ring (bicyclic) bond motifs is 4. The fourth-order valence-corrected chi connectivity index (χ4v) is 6.54. The van der Waals surface area contributed by atoms with E-state index in [1.165, 1.54) is 61.0 Å². The van der Waals surface area contributed by atoms with Crippen molar-refractivity contribution in [1.82, 2.24) is 0 Å². The second-order valence-corrected chi connectivity index (χ2v) is 11.2. The Morgan fingerprint density at radius 2 is 1.36 bits per heavy atom. The van der Waals surface area contributed by atoms with E-state index in [9.17, 15) is 0 Å². The fourth-order valence-electron chi connectivity index (χ4n) is 6.54. The summed E-state index contributed by atoms with van der Waals surface area (Å²) in [5.74, 6) is 0.951. The van der Waals surface area contributed by atoms with Crippen molar-refractivity contribution in [2.75, 3.05) is 4.90 Å². The van der Waals surface area contributed by atoms with Gasteiger partial charge in [0.2, 0.25) is 5.72 Å². The van der Waals surface area contributed by atoms with Crippen LogP contribution in [0.15, 0.2) is 66.7 Å². The molecule has 0 saturated heterocycles. The normalized spacial score (nSPS) is 19.5. The molecule has 0 aromatic heterocycles. The van der Waals surface area contributed by atoms with E-state index in [2.05, 4.69) is 126 Å². The Kier molecular flexibility index (Phi) is 4.92. The summed E-state index contributed by atoms with van der Waals surface area (Å²) < 4.78 is 7.17. The van der Waals surface area contributed by atoms with E-state index < -0.39 is 5.72 Å². The first kappa shape index (κ1) is 22.9. The van der Waals surface area contributed by atoms with Crippen molar-refractivity contribution >= 4 is 22.5 Å². The molecule has 1 atom stereocenters. The summed E-state index contributed by atoms with van der Waals surface area (Å²) in [6.07, 6.45) is 4.62. The third-order valence-electron chi connectivity index (χ3n) is 9.31. The third kappa shape index (κ3) is 2.91. The molecule has 4 aromatic rings. The molecule has 1 unspecified atom stereocenters. The number of ether oxygens (including phenoxy) is 1. The lowest BCUT2D eigenvalue weighted by atomic mass is 9.76. The van der Waals surface area contributed by atoms with Gasteiger partial charge in [0.25, 0.3) is 0 Å². The highest BCUT2D eigenvalue weighted by Crippen LogP contribution is 2.56. The predicted octanol–water partition coefficient (Wildman–Crippen LogP) is 8.48. The third-order valence-corrected chi connectivity index (χ3v) is 9.31. The van der Waals surface area contributed by atoms with E-state index in [0.29, 0.717) is 0 Å². The number of hydrogen-bond acceptors (Lipinski definition) is 2. The molecule has 0 bridgehead atoms. The van der Waals surface area contributed by atoms with Crippen molar-refractivity contribution in [2.45, 2.75) is 66.2 Å². The Labute approximate surface area is 215 Å². The number of benzene rings is 4.